The minimum absolute atomic E-state index is 0.633. The van der Waals surface area contributed by atoms with Crippen molar-refractivity contribution >= 4 is 65.2 Å². The maximum absolute atomic E-state index is 5.15. The molecule has 13 rings (SSSR count). The van der Waals surface area contributed by atoms with Gasteiger partial charge in [-0.2, -0.15) is 0 Å². The highest BCUT2D eigenvalue weighted by molar-refractivity contribution is 6.27. The van der Waals surface area contributed by atoms with Crippen LogP contribution in [-0.2, 0) is 0 Å². The summed E-state index contributed by atoms with van der Waals surface area (Å²) in [5.41, 5.74) is 12.1. The van der Waals surface area contributed by atoms with E-state index in [1.54, 1.807) is 0 Å². The first kappa shape index (κ1) is 36.0. The van der Waals surface area contributed by atoms with E-state index in [1.807, 2.05) is 36.4 Å². The molecule has 0 unspecified atom stereocenters. The van der Waals surface area contributed by atoms with Gasteiger partial charge in [0.1, 0.15) is 0 Å². The van der Waals surface area contributed by atoms with Crippen molar-refractivity contribution in [3.63, 3.8) is 0 Å². The maximum atomic E-state index is 5.15. The second-order valence-electron chi connectivity index (χ2n) is 16.4. The van der Waals surface area contributed by atoms with E-state index in [0.29, 0.717) is 17.5 Å². The fourth-order valence-electron chi connectivity index (χ4n) is 9.91. The third kappa shape index (κ3) is 5.61. The van der Waals surface area contributed by atoms with Crippen LogP contribution in [0.1, 0.15) is 0 Å². The molecule has 5 heteroatoms. The van der Waals surface area contributed by atoms with Gasteiger partial charge in [-0.15, -0.1) is 0 Å². The molecule has 10 aromatic carbocycles. The Labute approximate surface area is 368 Å². The van der Waals surface area contributed by atoms with Crippen molar-refractivity contribution in [1.82, 2.24) is 24.1 Å². The van der Waals surface area contributed by atoms with E-state index < -0.39 is 0 Å². The lowest BCUT2D eigenvalue weighted by atomic mass is 9.94. The van der Waals surface area contributed by atoms with Crippen LogP contribution in [0.4, 0.5) is 0 Å². The van der Waals surface area contributed by atoms with E-state index in [9.17, 15) is 0 Å². The molecule has 3 aromatic heterocycles. The second-order valence-corrected chi connectivity index (χ2v) is 16.4. The zero-order valence-electron chi connectivity index (χ0n) is 34.6. The molecule has 0 fully saturated rings. The summed E-state index contributed by atoms with van der Waals surface area (Å²) in [7, 11) is 0. The summed E-state index contributed by atoms with van der Waals surface area (Å²) < 4.78 is 4.91. The van der Waals surface area contributed by atoms with Crippen LogP contribution in [0, 0.1) is 0 Å². The molecule has 298 valence electrons. The van der Waals surface area contributed by atoms with Crippen LogP contribution < -0.4 is 0 Å². The Bertz CT molecular complexity index is 3870. The lowest BCUT2D eigenvalue weighted by Gasteiger charge is -2.15. The van der Waals surface area contributed by atoms with Crippen molar-refractivity contribution in [2.45, 2.75) is 0 Å². The van der Waals surface area contributed by atoms with Gasteiger partial charge in [0.15, 0.2) is 17.5 Å². The summed E-state index contributed by atoms with van der Waals surface area (Å²) in [6, 6.07) is 79.9. The number of rotatable bonds is 6. The second kappa shape index (κ2) is 14.5. The van der Waals surface area contributed by atoms with Gasteiger partial charge < -0.3 is 9.13 Å². The molecule has 0 atom stereocenters. The van der Waals surface area contributed by atoms with Crippen molar-refractivity contribution in [1.29, 1.82) is 0 Å². The van der Waals surface area contributed by atoms with Crippen LogP contribution in [0.15, 0.2) is 224 Å². The predicted molar refractivity (Wildman–Crippen MR) is 265 cm³/mol. The van der Waals surface area contributed by atoms with E-state index in [0.717, 1.165) is 55.4 Å². The highest BCUT2D eigenvalue weighted by Gasteiger charge is 2.23. The largest absolute Gasteiger partial charge is 0.309 e. The van der Waals surface area contributed by atoms with Gasteiger partial charge in [0.2, 0.25) is 0 Å². The summed E-state index contributed by atoms with van der Waals surface area (Å²) in [6.07, 6.45) is 0. The van der Waals surface area contributed by atoms with Gasteiger partial charge in [-0.05, 0) is 75.8 Å². The minimum atomic E-state index is 0.633. The van der Waals surface area contributed by atoms with Crippen molar-refractivity contribution in [3.8, 4) is 56.7 Å². The first-order chi connectivity index (χ1) is 31.8. The van der Waals surface area contributed by atoms with Crippen LogP contribution >= 0.6 is 0 Å². The van der Waals surface area contributed by atoms with Gasteiger partial charge in [0, 0.05) is 49.3 Å². The molecular formula is C59H37N5. The smallest absolute Gasteiger partial charge is 0.164 e. The molecule has 64 heavy (non-hydrogen) atoms. The fraction of sp³-hybridized carbons (Fsp3) is 0. The average molecular weight is 816 g/mol. The summed E-state index contributed by atoms with van der Waals surface area (Å²) in [6.45, 7) is 0. The van der Waals surface area contributed by atoms with E-state index in [4.69, 9.17) is 15.0 Å². The number of hydrogen-bond acceptors (Lipinski definition) is 3. The lowest BCUT2D eigenvalue weighted by molar-refractivity contribution is 1.08. The Kier molecular flexibility index (Phi) is 8.15. The van der Waals surface area contributed by atoms with Gasteiger partial charge in [-0.1, -0.05) is 176 Å². The Morgan fingerprint density at radius 1 is 0.266 bits per heavy atom. The average Bonchev–Trinajstić information content (AvgIpc) is 3.87. The van der Waals surface area contributed by atoms with Crippen LogP contribution in [-0.4, -0.2) is 24.1 Å². The van der Waals surface area contributed by atoms with Crippen molar-refractivity contribution in [2.75, 3.05) is 0 Å². The number of fused-ring (bicyclic) bond motifs is 9. The Morgan fingerprint density at radius 3 is 1.42 bits per heavy atom. The number of hydrogen-bond donors (Lipinski definition) is 0. The number of benzene rings is 10. The van der Waals surface area contributed by atoms with Crippen LogP contribution in [0.5, 0.6) is 0 Å². The molecule has 0 N–H and O–H groups in total. The van der Waals surface area contributed by atoms with Gasteiger partial charge in [-0.25, -0.2) is 15.0 Å². The van der Waals surface area contributed by atoms with E-state index in [1.165, 1.54) is 49.0 Å². The van der Waals surface area contributed by atoms with E-state index in [2.05, 4.69) is 197 Å². The lowest BCUT2D eigenvalue weighted by Crippen LogP contribution is -2.01. The normalized spacial score (nSPS) is 11.8. The van der Waals surface area contributed by atoms with Gasteiger partial charge >= 0.3 is 0 Å². The first-order valence-corrected chi connectivity index (χ1v) is 21.7. The molecule has 0 saturated carbocycles. The Hall–Kier alpha value is -8.67. The molecular weight excluding hydrogens is 779 g/mol. The summed E-state index contributed by atoms with van der Waals surface area (Å²) in [4.78, 5) is 15.3. The minimum Gasteiger partial charge on any atom is -0.309 e. The number of aromatic nitrogens is 5. The van der Waals surface area contributed by atoms with Crippen LogP contribution in [0.2, 0.25) is 0 Å². The number of para-hydroxylation sites is 2. The quantitative estimate of drug-likeness (QED) is 0.168. The zero-order valence-corrected chi connectivity index (χ0v) is 34.6. The van der Waals surface area contributed by atoms with Crippen molar-refractivity contribution in [3.05, 3.63) is 224 Å². The van der Waals surface area contributed by atoms with Crippen molar-refractivity contribution in [2.24, 2.45) is 0 Å². The Balaban J connectivity index is 1.10. The van der Waals surface area contributed by atoms with Crippen molar-refractivity contribution < 1.29 is 0 Å². The molecule has 3 heterocycles. The summed E-state index contributed by atoms with van der Waals surface area (Å²) >= 11 is 0. The molecule has 0 saturated heterocycles. The predicted octanol–water partition coefficient (Wildman–Crippen LogP) is 15.0. The topological polar surface area (TPSA) is 48.5 Å². The van der Waals surface area contributed by atoms with E-state index >= 15 is 0 Å². The molecule has 0 bridgehead atoms. The first-order valence-electron chi connectivity index (χ1n) is 21.7. The molecule has 0 aliphatic heterocycles. The van der Waals surface area contributed by atoms with Gasteiger partial charge in [0.05, 0.1) is 27.8 Å². The SMILES string of the molecule is c1ccc(-c2nc(-c3ccccc3)nc(-c3ccc(-n4c5ccccc5c5cc6c7c8ccccc8c(-c8ccccc8)cc7n(-c7ccccc7)c6cc54)c4ccccc34)n2)cc1. The molecule has 13 aromatic rings. The zero-order chi connectivity index (χ0) is 42.1. The molecule has 0 aliphatic carbocycles. The molecule has 0 amide bonds. The monoisotopic (exact) mass is 815 g/mol. The van der Waals surface area contributed by atoms with E-state index in [-0.39, 0.29) is 0 Å². The highest BCUT2D eigenvalue weighted by atomic mass is 15.0. The molecule has 0 aliphatic rings. The summed E-state index contributed by atoms with van der Waals surface area (Å²) in [5.74, 6) is 1.91. The maximum Gasteiger partial charge on any atom is 0.164 e. The van der Waals surface area contributed by atoms with Gasteiger partial charge in [0.25, 0.3) is 0 Å². The van der Waals surface area contributed by atoms with Crippen LogP contribution in [0.25, 0.3) is 122 Å². The highest BCUT2D eigenvalue weighted by Crippen LogP contribution is 2.45. The molecule has 0 radical (unpaired) electrons. The number of nitrogens with zero attached hydrogens (tertiary/aromatic N) is 5. The summed E-state index contributed by atoms with van der Waals surface area (Å²) in [5, 5.41) is 9.54. The Morgan fingerprint density at radius 2 is 0.766 bits per heavy atom. The molecule has 0 spiro atoms. The van der Waals surface area contributed by atoms with Crippen LogP contribution in [0.3, 0.4) is 0 Å². The van der Waals surface area contributed by atoms with Gasteiger partial charge in [-0.3, -0.25) is 0 Å². The standard InChI is InChI=1S/C59H37N5/c1-5-19-38(20-6-1)48-36-55-56(46-31-16-14-28-43(46)48)50-35-49-45-30-17-18-32-51(45)64(53(49)37-54(50)63(55)41-25-11-4-12-26-41)52-34-33-47(42-27-13-15-29-44(42)52)59-61-57(39-21-7-2-8-22-39)60-58(62-59)40-23-9-3-10-24-40/h1-37H. The fourth-order valence-corrected chi connectivity index (χ4v) is 9.91. The third-order valence-corrected chi connectivity index (χ3v) is 12.7. The molecule has 5 nitrogen and oxygen atoms in total. The third-order valence-electron chi connectivity index (χ3n) is 12.7.